The molecule has 0 bridgehead atoms. The van der Waals surface area contributed by atoms with E-state index >= 15 is 0 Å². The average Bonchev–Trinajstić information content (AvgIpc) is 2.88. The number of benzene rings is 1. The molecular weight excluding hydrogens is 291 g/mol. The highest BCUT2D eigenvalue weighted by molar-refractivity contribution is 6.31. The van der Waals surface area contributed by atoms with Crippen LogP contribution in [0.5, 0.6) is 5.75 Å². The molecule has 1 heterocycles. The first-order valence-corrected chi connectivity index (χ1v) is 7.04. The van der Waals surface area contributed by atoms with E-state index in [2.05, 4.69) is 5.32 Å². The smallest absolute Gasteiger partial charge is 0.421 e. The van der Waals surface area contributed by atoms with Crippen molar-refractivity contribution in [3.8, 4) is 5.75 Å². The summed E-state index contributed by atoms with van der Waals surface area (Å²) in [6, 6.07) is 4.04. The molecule has 0 saturated carbocycles. The molecule has 1 N–H and O–H groups in total. The van der Waals surface area contributed by atoms with Gasteiger partial charge in [0.1, 0.15) is 17.4 Å². The average molecular weight is 308 g/mol. The molecule has 1 saturated heterocycles. The molecule has 1 aliphatic rings. The SMILES string of the molecule is CC[C@H](Oc1cccc(Cl)c1C(F)(F)F)[C@@H]1CCNC1. The predicted molar refractivity (Wildman–Crippen MR) is 72.1 cm³/mol. The van der Waals surface area contributed by atoms with Gasteiger partial charge in [-0.2, -0.15) is 13.2 Å². The molecule has 2 nitrogen and oxygen atoms in total. The van der Waals surface area contributed by atoms with Crippen LogP contribution in [-0.2, 0) is 6.18 Å². The molecule has 20 heavy (non-hydrogen) atoms. The fourth-order valence-electron chi connectivity index (χ4n) is 2.55. The van der Waals surface area contributed by atoms with E-state index in [0.29, 0.717) is 6.42 Å². The molecule has 0 aromatic heterocycles. The Morgan fingerprint density at radius 3 is 2.75 bits per heavy atom. The molecule has 0 spiro atoms. The summed E-state index contributed by atoms with van der Waals surface area (Å²) >= 11 is 5.69. The van der Waals surface area contributed by atoms with Crippen molar-refractivity contribution in [3.63, 3.8) is 0 Å². The maximum Gasteiger partial charge on any atom is 0.421 e. The lowest BCUT2D eigenvalue weighted by Gasteiger charge is -2.25. The highest BCUT2D eigenvalue weighted by Gasteiger charge is 2.38. The van der Waals surface area contributed by atoms with Crippen molar-refractivity contribution in [1.82, 2.24) is 5.32 Å². The van der Waals surface area contributed by atoms with Crippen molar-refractivity contribution in [2.75, 3.05) is 13.1 Å². The number of alkyl halides is 3. The maximum absolute atomic E-state index is 13.1. The van der Waals surface area contributed by atoms with Gasteiger partial charge in [0.15, 0.2) is 0 Å². The van der Waals surface area contributed by atoms with Crippen molar-refractivity contribution in [1.29, 1.82) is 0 Å². The van der Waals surface area contributed by atoms with Gasteiger partial charge in [0, 0.05) is 12.5 Å². The summed E-state index contributed by atoms with van der Waals surface area (Å²) in [4.78, 5) is 0. The van der Waals surface area contributed by atoms with Crippen LogP contribution in [0.25, 0.3) is 0 Å². The highest BCUT2D eigenvalue weighted by Crippen LogP contribution is 2.41. The van der Waals surface area contributed by atoms with Crippen LogP contribution in [0.1, 0.15) is 25.3 Å². The summed E-state index contributed by atoms with van der Waals surface area (Å²) in [6.45, 7) is 3.58. The molecule has 2 atom stereocenters. The quantitative estimate of drug-likeness (QED) is 0.903. The van der Waals surface area contributed by atoms with Crippen LogP contribution in [0, 0.1) is 5.92 Å². The first-order chi connectivity index (χ1) is 9.43. The number of hydrogen-bond donors (Lipinski definition) is 1. The lowest BCUT2D eigenvalue weighted by molar-refractivity contribution is -0.139. The minimum Gasteiger partial charge on any atom is -0.489 e. The summed E-state index contributed by atoms with van der Waals surface area (Å²) in [5.41, 5.74) is -0.883. The zero-order valence-corrected chi connectivity index (χ0v) is 11.9. The summed E-state index contributed by atoms with van der Waals surface area (Å²) in [7, 11) is 0. The first kappa shape index (κ1) is 15.4. The zero-order valence-electron chi connectivity index (χ0n) is 11.1. The van der Waals surface area contributed by atoms with Gasteiger partial charge in [0.25, 0.3) is 0 Å². The normalized spacial score (nSPS) is 20.9. The van der Waals surface area contributed by atoms with E-state index in [-0.39, 0.29) is 22.8 Å². The Hall–Kier alpha value is -0.940. The van der Waals surface area contributed by atoms with Gasteiger partial charge in [-0.3, -0.25) is 0 Å². The van der Waals surface area contributed by atoms with Gasteiger partial charge in [-0.25, -0.2) is 0 Å². The standard InChI is InChI=1S/C14H17ClF3NO/c1-2-11(9-6-7-19-8-9)20-12-5-3-4-10(15)13(12)14(16,17)18/h3-5,9,11,19H,2,6-8H2,1H3/t9-,11+/m1/s1. The van der Waals surface area contributed by atoms with E-state index in [1.807, 2.05) is 6.92 Å². The molecule has 112 valence electrons. The third-order valence-corrected chi connectivity index (χ3v) is 3.88. The van der Waals surface area contributed by atoms with E-state index in [9.17, 15) is 13.2 Å². The lowest BCUT2D eigenvalue weighted by Crippen LogP contribution is -2.29. The molecule has 6 heteroatoms. The molecule has 1 fully saturated rings. The van der Waals surface area contributed by atoms with E-state index in [0.717, 1.165) is 19.5 Å². The van der Waals surface area contributed by atoms with Gasteiger partial charge in [0.05, 0.1) is 5.02 Å². The third-order valence-electron chi connectivity index (χ3n) is 3.56. The van der Waals surface area contributed by atoms with E-state index < -0.39 is 11.7 Å². The first-order valence-electron chi connectivity index (χ1n) is 6.66. The molecule has 2 rings (SSSR count). The van der Waals surface area contributed by atoms with Crippen molar-refractivity contribution in [2.45, 2.75) is 32.0 Å². The Labute approximate surface area is 121 Å². The Bertz CT molecular complexity index is 458. The van der Waals surface area contributed by atoms with Crippen LogP contribution in [0.3, 0.4) is 0 Å². The summed E-state index contributed by atoms with van der Waals surface area (Å²) in [6.07, 6.45) is -3.17. The van der Waals surface area contributed by atoms with E-state index in [1.165, 1.54) is 18.2 Å². The predicted octanol–water partition coefficient (Wildman–Crippen LogP) is 4.13. The van der Waals surface area contributed by atoms with E-state index in [1.54, 1.807) is 0 Å². The zero-order chi connectivity index (χ0) is 14.8. The molecule has 1 aliphatic heterocycles. The van der Waals surface area contributed by atoms with Crippen molar-refractivity contribution in [2.24, 2.45) is 5.92 Å². The second-order valence-electron chi connectivity index (χ2n) is 4.93. The number of nitrogens with one attached hydrogen (secondary N) is 1. The van der Waals surface area contributed by atoms with Crippen LogP contribution < -0.4 is 10.1 Å². The largest absolute Gasteiger partial charge is 0.489 e. The lowest BCUT2D eigenvalue weighted by atomic mass is 9.99. The number of rotatable bonds is 4. The fraction of sp³-hybridized carbons (Fsp3) is 0.571. The second kappa shape index (κ2) is 6.22. The minimum atomic E-state index is -4.51. The number of hydrogen-bond acceptors (Lipinski definition) is 2. The van der Waals surface area contributed by atoms with Crippen molar-refractivity contribution >= 4 is 11.6 Å². The van der Waals surface area contributed by atoms with Gasteiger partial charge in [-0.05, 0) is 31.5 Å². The molecular formula is C14H17ClF3NO. The van der Waals surface area contributed by atoms with Gasteiger partial charge < -0.3 is 10.1 Å². The molecule has 1 aromatic rings. The Balaban J connectivity index is 2.26. The van der Waals surface area contributed by atoms with E-state index in [4.69, 9.17) is 16.3 Å². The van der Waals surface area contributed by atoms with Crippen LogP contribution in [0.15, 0.2) is 18.2 Å². The molecule has 0 unspecified atom stereocenters. The molecule has 0 amide bonds. The summed E-state index contributed by atoms with van der Waals surface area (Å²) < 4.78 is 44.8. The highest BCUT2D eigenvalue weighted by atomic mass is 35.5. The summed E-state index contributed by atoms with van der Waals surface area (Å²) in [5.74, 6) is 0.0591. The second-order valence-corrected chi connectivity index (χ2v) is 5.34. The van der Waals surface area contributed by atoms with Crippen LogP contribution in [-0.4, -0.2) is 19.2 Å². The molecule has 0 radical (unpaired) electrons. The van der Waals surface area contributed by atoms with Gasteiger partial charge in [-0.15, -0.1) is 0 Å². The van der Waals surface area contributed by atoms with Crippen LogP contribution >= 0.6 is 11.6 Å². The van der Waals surface area contributed by atoms with Crippen molar-refractivity contribution < 1.29 is 17.9 Å². The van der Waals surface area contributed by atoms with Gasteiger partial charge in [-0.1, -0.05) is 24.6 Å². The Morgan fingerprint density at radius 2 is 2.20 bits per heavy atom. The van der Waals surface area contributed by atoms with Crippen molar-refractivity contribution in [3.05, 3.63) is 28.8 Å². The summed E-state index contributed by atoms with van der Waals surface area (Å²) in [5, 5.41) is 2.88. The topological polar surface area (TPSA) is 21.3 Å². The third kappa shape index (κ3) is 3.38. The molecule has 1 aromatic carbocycles. The molecule has 0 aliphatic carbocycles. The van der Waals surface area contributed by atoms with Crippen LogP contribution in [0.2, 0.25) is 5.02 Å². The van der Waals surface area contributed by atoms with Gasteiger partial charge in [0.2, 0.25) is 0 Å². The Morgan fingerprint density at radius 1 is 1.45 bits per heavy atom. The Kier molecular flexibility index (Phi) is 4.81. The monoisotopic (exact) mass is 307 g/mol. The number of halogens is 4. The number of ether oxygens (including phenoxy) is 1. The van der Waals surface area contributed by atoms with Crippen LogP contribution in [0.4, 0.5) is 13.2 Å². The maximum atomic E-state index is 13.1. The fourth-order valence-corrected chi connectivity index (χ4v) is 2.82. The van der Waals surface area contributed by atoms with Gasteiger partial charge >= 0.3 is 6.18 Å². The minimum absolute atomic E-state index is 0.177.